The second-order valence-corrected chi connectivity index (χ2v) is 7.71. The third kappa shape index (κ3) is 6.95. The maximum atomic E-state index is 12.6. The van der Waals surface area contributed by atoms with Gasteiger partial charge in [0.15, 0.2) is 0 Å². The Bertz CT molecular complexity index is 829. The summed E-state index contributed by atoms with van der Waals surface area (Å²) in [5.41, 5.74) is 1.19. The van der Waals surface area contributed by atoms with E-state index in [9.17, 15) is 13.2 Å². The van der Waals surface area contributed by atoms with Crippen molar-refractivity contribution in [3.05, 3.63) is 65.7 Å². The van der Waals surface area contributed by atoms with Gasteiger partial charge in [-0.2, -0.15) is 0 Å². The van der Waals surface area contributed by atoms with Gasteiger partial charge in [-0.3, -0.25) is 4.79 Å². The summed E-state index contributed by atoms with van der Waals surface area (Å²) in [6, 6.07) is 15.0. The molecular weight excluding hydrogens is 386 g/mol. The van der Waals surface area contributed by atoms with Gasteiger partial charge in [0.25, 0.3) is 5.91 Å². The summed E-state index contributed by atoms with van der Waals surface area (Å²) in [6.45, 7) is 3.11. The van der Waals surface area contributed by atoms with Crippen LogP contribution in [0.1, 0.15) is 35.3 Å². The molecule has 0 aromatic heterocycles. The maximum Gasteiger partial charge on any atom is 0.251 e. The summed E-state index contributed by atoms with van der Waals surface area (Å²) in [5.74, 6) is -0.283. The summed E-state index contributed by atoms with van der Waals surface area (Å²) < 4.78 is 27.9. The molecule has 2 aromatic rings. The number of hydrogen-bond acceptors (Lipinski definition) is 4. The fourth-order valence-corrected chi connectivity index (χ4v) is 3.76. The van der Waals surface area contributed by atoms with E-state index >= 15 is 0 Å². The number of hydrogen-bond donors (Lipinski definition) is 3. The predicted octanol–water partition coefficient (Wildman–Crippen LogP) is 2.49. The number of carbonyl (C=O) groups excluding carboxylic acids is 1. The van der Waals surface area contributed by atoms with Crippen LogP contribution in [0.2, 0.25) is 0 Å². The second kappa shape index (κ2) is 11.0. The molecule has 0 aliphatic rings. The van der Waals surface area contributed by atoms with Crippen LogP contribution in [-0.2, 0) is 10.0 Å². The highest BCUT2D eigenvalue weighted by molar-refractivity contribution is 7.89. The first-order valence-corrected chi connectivity index (χ1v) is 10.0. The monoisotopic (exact) mass is 411 g/mol. The Morgan fingerprint density at radius 1 is 1.04 bits per heavy atom. The van der Waals surface area contributed by atoms with Crippen LogP contribution in [0, 0.1) is 0 Å². The summed E-state index contributed by atoms with van der Waals surface area (Å²) in [7, 11) is -1.89. The van der Waals surface area contributed by atoms with Gasteiger partial charge >= 0.3 is 0 Å². The number of benzene rings is 2. The normalized spacial score (nSPS) is 12.1. The van der Waals surface area contributed by atoms with E-state index in [1.165, 1.54) is 12.1 Å². The van der Waals surface area contributed by atoms with Crippen molar-refractivity contribution >= 4 is 28.3 Å². The molecule has 0 spiro atoms. The molecule has 1 amide bonds. The van der Waals surface area contributed by atoms with E-state index in [1.807, 2.05) is 37.4 Å². The van der Waals surface area contributed by atoms with Crippen LogP contribution in [0.3, 0.4) is 0 Å². The molecule has 0 heterocycles. The number of sulfonamides is 1. The van der Waals surface area contributed by atoms with Gasteiger partial charge < -0.3 is 10.6 Å². The molecule has 148 valence electrons. The first kappa shape index (κ1) is 23.1. The standard InChI is InChI=1S/C19H25N3O3S.ClH/c1-15(16-8-4-3-5-9-16)22-26(24,25)18-11-6-10-17(14-18)19(23)21-13-7-12-20-2;/h3-6,8-11,14-15,20,22H,7,12-13H2,1-2H3,(H,21,23);1H. The van der Waals surface area contributed by atoms with E-state index in [-0.39, 0.29) is 29.3 Å². The predicted molar refractivity (Wildman–Crippen MR) is 110 cm³/mol. The molecule has 0 aliphatic carbocycles. The van der Waals surface area contributed by atoms with Crippen LogP contribution < -0.4 is 15.4 Å². The largest absolute Gasteiger partial charge is 0.352 e. The fourth-order valence-electron chi connectivity index (χ4n) is 2.48. The summed E-state index contributed by atoms with van der Waals surface area (Å²) in [6.07, 6.45) is 0.802. The Morgan fingerprint density at radius 3 is 2.41 bits per heavy atom. The topological polar surface area (TPSA) is 87.3 Å². The Kier molecular flexibility index (Phi) is 9.45. The average molecular weight is 412 g/mol. The number of amides is 1. The van der Waals surface area contributed by atoms with Gasteiger partial charge in [-0.25, -0.2) is 13.1 Å². The summed E-state index contributed by atoms with van der Waals surface area (Å²) in [5, 5.41) is 5.79. The molecule has 0 aliphatic heterocycles. The average Bonchev–Trinajstić information content (AvgIpc) is 2.65. The first-order chi connectivity index (χ1) is 12.4. The third-order valence-electron chi connectivity index (χ3n) is 3.93. The Balaban J connectivity index is 0.00000364. The van der Waals surface area contributed by atoms with Crippen molar-refractivity contribution in [3.8, 4) is 0 Å². The van der Waals surface area contributed by atoms with Gasteiger partial charge in [-0.05, 0) is 50.7 Å². The van der Waals surface area contributed by atoms with Crippen LogP contribution in [0.15, 0.2) is 59.5 Å². The van der Waals surface area contributed by atoms with Crippen LogP contribution in [0.25, 0.3) is 0 Å². The zero-order valence-electron chi connectivity index (χ0n) is 15.4. The highest BCUT2D eigenvalue weighted by Gasteiger charge is 2.19. The molecule has 0 saturated carbocycles. The lowest BCUT2D eigenvalue weighted by atomic mass is 10.1. The van der Waals surface area contributed by atoms with Gasteiger partial charge in [-0.15, -0.1) is 12.4 Å². The molecule has 3 N–H and O–H groups in total. The molecular formula is C19H26ClN3O3S. The molecule has 0 radical (unpaired) electrons. The number of halogens is 1. The minimum absolute atomic E-state index is 0. The van der Waals surface area contributed by atoms with Crippen molar-refractivity contribution < 1.29 is 13.2 Å². The first-order valence-electron chi connectivity index (χ1n) is 8.54. The van der Waals surface area contributed by atoms with Gasteiger partial charge in [0.05, 0.1) is 4.90 Å². The van der Waals surface area contributed by atoms with Crippen molar-refractivity contribution in [1.82, 2.24) is 15.4 Å². The van der Waals surface area contributed by atoms with Crippen molar-refractivity contribution in [2.75, 3.05) is 20.1 Å². The molecule has 1 atom stereocenters. The zero-order chi connectivity index (χ0) is 19.0. The minimum atomic E-state index is -3.73. The zero-order valence-corrected chi connectivity index (χ0v) is 17.1. The molecule has 27 heavy (non-hydrogen) atoms. The van der Waals surface area contributed by atoms with E-state index in [0.717, 1.165) is 18.5 Å². The third-order valence-corrected chi connectivity index (χ3v) is 5.47. The quantitative estimate of drug-likeness (QED) is 0.553. The lowest BCUT2D eigenvalue weighted by molar-refractivity contribution is 0.0953. The maximum absolute atomic E-state index is 12.6. The van der Waals surface area contributed by atoms with Crippen molar-refractivity contribution in [3.63, 3.8) is 0 Å². The van der Waals surface area contributed by atoms with E-state index in [2.05, 4.69) is 15.4 Å². The summed E-state index contributed by atoms with van der Waals surface area (Å²) in [4.78, 5) is 12.3. The molecule has 6 nitrogen and oxygen atoms in total. The Labute approximate surface area is 167 Å². The minimum Gasteiger partial charge on any atom is -0.352 e. The lowest BCUT2D eigenvalue weighted by Gasteiger charge is -2.15. The Morgan fingerprint density at radius 2 is 1.74 bits per heavy atom. The van der Waals surface area contributed by atoms with Gasteiger partial charge in [0, 0.05) is 18.2 Å². The van der Waals surface area contributed by atoms with Crippen molar-refractivity contribution in [1.29, 1.82) is 0 Å². The van der Waals surface area contributed by atoms with Crippen LogP contribution >= 0.6 is 12.4 Å². The van der Waals surface area contributed by atoms with Gasteiger partial charge in [-0.1, -0.05) is 36.4 Å². The number of rotatable bonds is 9. The smallest absolute Gasteiger partial charge is 0.251 e. The van der Waals surface area contributed by atoms with Gasteiger partial charge in [0.1, 0.15) is 0 Å². The van der Waals surface area contributed by atoms with Crippen molar-refractivity contribution in [2.24, 2.45) is 0 Å². The van der Waals surface area contributed by atoms with E-state index < -0.39 is 10.0 Å². The fraction of sp³-hybridized carbons (Fsp3) is 0.316. The highest BCUT2D eigenvalue weighted by Crippen LogP contribution is 2.17. The molecule has 2 aromatic carbocycles. The highest BCUT2D eigenvalue weighted by atomic mass is 35.5. The molecule has 0 fully saturated rings. The van der Waals surface area contributed by atoms with E-state index in [0.29, 0.717) is 12.1 Å². The summed E-state index contributed by atoms with van der Waals surface area (Å²) >= 11 is 0. The van der Waals surface area contributed by atoms with E-state index in [4.69, 9.17) is 0 Å². The van der Waals surface area contributed by atoms with Gasteiger partial charge in [0.2, 0.25) is 10.0 Å². The Hall–Kier alpha value is -1.93. The molecule has 0 bridgehead atoms. The SMILES string of the molecule is CNCCCNC(=O)c1cccc(S(=O)(=O)NC(C)c2ccccc2)c1.Cl. The van der Waals surface area contributed by atoms with E-state index in [1.54, 1.807) is 19.1 Å². The second-order valence-electron chi connectivity index (χ2n) is 5.99. The number of carbonyl (C=O) groups is 1. The van der Waals surface area contributed by atoms with Crippen LogP contribution in [-0.4, -0.2) is 34.5 Å². The van der Waals surface area contributed by atoms with Crippen molar-refractivity contribution in [2.45, 2.75) is 24.3 Å². The number of nitrogens with one attached hydrogen (secondary N) is 3. The van der Waals surface area contributed by atoms with Crippen LogP contribution in [0.4, 0.5) is 0 Å². The molecule has 8 heteroatoms. The lowest BCUT2D eigenvalue weighted by Crippen LogP contribution is -2.28. The molecule has 1 unspecified atom stereocenters. The molecule has 2 rings (SSSR count). The molecule has 0 saturated heterocycles. The van der Waals surface area contributed by atoms with Crippen LogP contribution in [0.5, 0.6) is 0 Å².